The molecule has 28 rings (SSSR count). The van der Waals surface area contributed by atoms with Crippen LogP contribution >= 0.6 is 91.8 Å². The topological polar surface area (TPSA) is 344 Å². The second kappa shape index (κ2) is 44.6. The largest absolute Gasteiger partial charge is 0.494 e. The summed E-state index contributed by atoms with van der Waals surface area (Å²) in [5.74, 6) is 8.85. The van der Waals surface area contributed by atoms with Gasteiger partial charge in [-0.2, -0.15) is 28.8 Å². The van der Waals surface area contributed by atoms with E-state index in [0.29, 0.717) is 136 Å². The van der Waals surface area contributed by atoms with Gasteiger partial charge in [0.05, 0.1) is 113 Å². The number of ether oxygens (including phenoxy) is 6. The third-order valence-corrected chi connectivity index (χ3v) is 36.8. The fourth-order valence-electron chi connectivity index (χ4n) is 23.5. The predicted molar refractivity (Wildman–Crippen MR) is 571 cm³/mol. The number of benzene rings is 8. The Hall–Kier alpha value is -12.2. The van der Waals surface area contributed by atoms with Crippen molar-refractivity contribution in [3.05, 3.63) is 245 Å². The molecule has 8 bridgehead atoms. The highest BCUT2D eigenvalue weighted by Gasteiger charge is 2.52. The highest BCUT2D eigenvalue weighted by molar-refractivity contribution is 7.23. The van der Waals surface area contributed by atoms with E-state index in [1.54, 1.807) is 58.5 Å². The maximum atomic E-state index is 10.8. The number of hydrogen-bond donors (Lipinski definition) is 0. The van der Waals surface area contributed by atoms with Crippen LogP contribution in [0.5, 0.6) is 11.5 Å². The minimum absolute atomic E-state index is 0.171. The molecule has 6 unspecified atom stereocenters. The van der Waals surface area contributed by atoms with Gasteiger partial charge >= 0.3 is 18.5 Å². The lowest BCUT2D eigenvalue weighted by atomic mass is 10.00. The molecule has 8 aromatic carbocycles. The lowest BCUT2D eigenvalue weighted by Gasteiger charge is -2.31. The van der Waals surface area contributed by atoms with Crippen LogP contribution in [0.3, 0.4) is 0 Å². The number of hydrogen-bond acceptors (Lipinski definition) is 33. The molecule has 0 N–H and O–H groups in total. The first-order valence-corrected chi connectivity index (χ1v) is 55.6. The summed E-state index contributed by atoms with van der Waals surface area (Å²) < 4.78 is 65.1. The van der Waals surface area contributed by atoms with Crippen molar-refractivity contribution in [3.8, 4) is 56.5 Å². The fraction of sp³-hybridized carbons (Fsp3) is 0.398. The number of aryl methyl sites for hydroxylation is 4. The summed E-state index contributed by atoms with van der Waals surface area (Å²) in [6.45, 7) is 14.7. The van der Waals surface area contributed by atoms with E-state index in [9.17, 15) is 4.79 Å². The fourth-order valence-corrected chi connectivity index (χ4v) is 29.0. The van der Waals surface area contributed by atoms with E-state index in [2.05, 4.69) is 165 Å². The Morgan fingerprint density at radius 2 is 0.620 bits per heavy atom. The Kier molecular flexibility index (Phi) is 30.4. The Balaban J connectivity index is 0.000000110. The molecule has 150 heavy (non-hydrogen) atoms. The summed E-state index contributed by atoms with van der Waals surface area (Å²) in [5.41, 5.74) is 20.0. The lowest BCUT2D eigenvalue weighted by molar-refractivity contribution is -0.193. The second-order valence-corrected chi connectivity index (χ2v) is 46.4. The van der Waals surface area contributed by atoms with Crippen LogP contribution in [-0.4, -0.2) is 147 Å². The molecule has 8 saturated carbocycles. The Bertz CT molecular complexity index is 7070. The van der Waals surface area contributed by atoms with Crippen molar-refractivity contribution in [1.82, 2.24) is 40.6 Å². The number of methoxy groups -OCH3 is 1. The molecule has 0 spiro atoms. The third kappa shape index (κ3) is 21.1. The monoisotopic (exact) mass is 2170 g/mol. The van der Waals surface area contributed by atoms with Gasteiger partial charge in [0, 0.05) is 154 Å². The standard InChI is InChI=1S/C29H28ClN3O5S.3C27H26ClN3O2S.3CO2/c1-15-4-3-5-21(30)25(15)26-20(28(38-32-26)16-6-7-16)13-36-22-9-18-8-17(22)12-33(18)29-31-27-23(35-2)10-19(37-14-34)11-24(27)39-29;3*1-15-5-4-6-20(28)24(15)25-19(26(33-30-25)16-9-10-16)14-32-22-12-18-11-17(22)13-31(18)27-29-21-7-2-3-8-23(21)34-27;3*2-1-3/h3-5,10-11,14,16-18,22H,6-9,12-13H2,1-2H3;3*2-8,16-18,22H,9-14H2,1H3;;;/t;2*17-,18-,22+;;;;/m.10..../s1. The van der Waals surface area contributed by atoms with Crippen LogP contribution in [0.2, 0.25) is 20.1 Å². The molecule has 16 aromatic rings. The van der Waals surface area contributed by atoms with Crippen molar-refractivity contribution < 1.29 is 80.1 Å². The highest BCUT2D eigenvalue weighted by Crippen LogP contribution is 2.56. The first-order valence-electron chi connectivity index (χ1n) is 50.9. The van der Waals surface area contributed by atoms with Crippen LogP contribution in [-0.2, 0) is 78.9 Å². The van der Waals surface area contributed by atoms with Crippen LogP contribution in [0.1, 0.15) is 194 Å². The van der Waals surface area contributed by atoms with Gasteiger partial charge in [0.15, 0.2) is 20.5 Å². The van der Waals surface area contributed by atoms with Crippen molar-refractivity contribution in [2.45, 2.75) is 229 Å². The zero-order chi connectivity index (χ0) is 103. The number of nitrogens with zero attached hydrogens (tertiary/aromatic N) is 12. The van der Waals surface area contributed by atoms with Crippen LogP contribution in [0.15, 0.2) is 176 Å². The van der Waals surface area contributed by atoms with Gasteiger partial charge in [-0.05, 0) is 213 Å². The quantitative estimate of drug-likeness (QED) is 0.0432. The number of carbonyl (C=O) groups is 1. The van der Waals surface area contributed by atoms with Gasteiger partial charge in [-0.3, -0.25) is 4.79 Å². The highest BCUT2D eigenvalue weighted by atomic mass is 35.5. The number of aromatic nitrogens is 8. The number of thiazole rings is 4. The van der Waals surface area contributed by atoms with Crippen LogP contribution < -0.4 is 29.1 Å². The summed E-state index contributed by atoms with van der Waals surface area (Å²) in [6.07, 6.45) is 19.6. The summed E-state index contributed by atoms with van der Waals surface area (Å²) in [6, 6.07) is 54.5. The van der Waals surface area contributed by atoms with Gasteiger partial charge in [0.1, 0.15) is 62.8 Å². The maximum Gasteiger partial charge on any atom is 0.373 e. The molecule has 37 heteroatoms. The van der Waals surface area contributed by atoms with Gasteiger partial charge < -0.3 is 66.1 Å². The van der Waals surface area contributed by atoms with Gasteiger partial charge in [-0.1, -0.05) is 197 Å². The van der Waals surface area contributed by atoms with Crippen molar-refractivity contribution >= 4 is 178 Å². The van der Waals surface area contributed by atoms with Crippen molar-refractivity contribution in [1.29, 1.82) is 0 Å². The van der Waals surface area contributed by atoms with Gasteiger partial charge in [0.2, 0.25) is 0 Å². The normalized spacial score (nSPS) is 22.2. The summed E-state index contributed by atoms with van der Waals surface area (Å²) >= 11 is 33.4. The van der Waals surface area contributed by atoms with E-state index in [0.717, 1.165) is 270 Å². The maximum absolute atomic E-state index is 10.8. The molecule has 0 amide bonds. The molecule has 772 valence electrons. The molecule has 4 aliphatic heterocycles. The van der Waals surface area contributed by atoms with Gasteiger partial charge in [-0.15, -0.1) is 0 Å². The lowest BCUT2D eigenvalue weighted by Crippen LogP contribution is -2.38. The van der Waals surface area contributed by atoms with E-state index in [-0.39, 0.29) is 42.9 Å². The smallest absolute Gasteiger partial charge is 0.373 e. The van der Waals surface area contributed by atoms with Gasteiger partial charge in [0.25, 0.3) is 6.47 Å². The third-order valence-electron chi connectivity index (χ3n) is 31.2. The van der Waals surface area contributed by atoms with Crippen LogP contribution in [0.4, 0.5) is 20.5 Å². The zero-order valence-corrected chi connectivity index (χ0v) is 89.0. The second-order valence-electron chi connectivity index (χ2n) is 40.7. The Labute approximate surface area is 899 Å². The number of para-hydroxylation sites is 3. The molecule has 0 radical (unpaired) electrons. The SMILES string of the molecule is COc1cc(OC=O)cc2sc(N3CC4CC3CC4OCc3c(-c4c(C)cccc4Cl)noc3C3CC3)nc12.Cc1cccc(Cl)c1-c1noc(C2CC2)c1COC1CC2CC1CN2c1nc2ccccc2s1.Cc1cccc(Cl)c1-c1noc(C2CC2)c1CO[C@@H]1C[C@@H]2C[C@H]1CN2c1nc2ccccc2s1.Cc1cccc(Cl)c1-c1noc(C2CC2)c1CO[C@H]1C[C@H]2C[C@@H]1CN2c1nc2ccccc2s1.O=C=O.O=C=O.O=C=O. The molecule has 12 heterocycles. The average molecular weight is 2170 g/mol. The van der Waals surface area contributed by atoms with E-state index in [1.807, 2.05) is 54.6 Å². The first kappa shape index (κ1) is 102. The minimum Gasteiger partial charge on any atom is -0.494 e. The number of fused-ring (bicyclic) bond motifs is 12. The Morgan fingerprint density at radius 1 is 0.353 bits per heavy atom. The average Bonchev–Trinajstić information content (AvgIpc) is 1.61. The van der Waals surface area contributed by atoms with Crippen LogP contribution in [0, 0.1) is 51.4 Å². The van der Waals surface area contributed by atoms with Crippen molar-refractivity contribution in [3.63, 3.8) is 0 Å². The molecule has 12 atom stereocenters. The van der Waals surface area contributed by atoms with E-state index >= 15 is 0 Å². The minimum atomic E-state index is 0.171. The molecule has 29 nitrogen and oxygen atoms in total. The number of carbonyl (C=O) groups excluding carboxylic acids is 7. The molecule has 8 aromatic heterocycles. The number of piperidine rings is 4. The zero-order valence-electron chi connectivity index (χ0n) is 82.7. The van der Waals surface area contributed by atoms with E-state index in [1.165, 1.54) is 33.4 Å². The molecule has 4 saturated heterocycles. The Morgan fingerprint density at radius 3 is 0.860 bits per heavy atom. The number of anilines is 4. The van der Waals surface area contributed by atoms with Gasteiger partial charge in [-0.25, -0.2) is 19.9 Å². The first-order chi connectivity index (χ1) is 73.2. The van der Waals surface area contributed by atoms with E-state index in [4.69, 9.17) is 142 Å². The molecule has 8 aliphatic carbocycles. The van der Waals surface area contributed by atoms with Crippen molar-refractivity contribution in [2.24, 2.45) is 23.7 Å². The number of rotatable bonds is 27. The summed E-state index contributed by atoms with van der Waals surface area (Å²) in [4.78, 5) is 89.1. The predicted octanol–water partition coefficient (Wildman–Crippen LogP) is 25.7. The molecule has 12 fully saturated rings. The van der Waals surface area contributed by atoms with E-state index < -0.39 is 0 Å². The molecule has 12 aliphatic rings. The molecular formula is C113H106Cl4N12O17S4. The summed E-state index contributed by atoms with van der Waals surface area (Å²) in [5, 5.41) is 25.1. The number of halogens is 4. The van der Waals surface area contributed by atoms with Crippen molar-refractivity contribution in [2.75, 3.05) is 52.9 Å². The summed E-state index contributed by atoms with van der Waals surface area (Å²) in [7, 11) is 1.60. The molecular weight excluding hydrogens is 2070 g/mol. The van der Waals surface area contributed by atoms with Crippen LogP contribution in [0.25, 0.3) is 85.9 Å².